The molecule has 58 valence electrons. The van der Waals surface area contributed by atoms with Crippen LogP contribution in [0.1, 0.15) is 38.5 Å². The Morgan fingerprint density at radius 3 is 2.50 bits per heavy atom. The molecule has 2 aliphatic rings. The largest absolute Gasteiger partial charge is 0.316 e. The van der Waals surface area contributed by atoms with Crippen LogP contribution >= 0.6 is 0 Å². The van der Waals surface area contributed by atoms with Gasteiger partial charge in [-0.05, 0) is 31.2 Å². The van der Waals surface area contributed by atoms with E-state index >= 15 is 0 Å². The first-order valence-corrected chi connectivity index (χ1v) is 4.55. The lowest BCUT2D eigenvalue weighted by atomic mass is 9.74. The average molecular weight is 140 g/mol. The van der Waals surface area contributed by atoms with Crippen molar-refractivity contribution < 1.29 is 1.41 Å². The van der Waals surface area contributed by atoms with Gasteiger partial charge >= 0.3 is 0 Å². The summed E-state index contributed by atoms with van der Waals surface area (Å²) in [7, 11) is 0. The van der Waals surface area contributed by atoms with Crippen molar-refractivity contribution >= 4 is 0 Å². The van der Waals surface area contributed by atoms with Crippen LogP contribution in [0.15, 0.2) is 0 Å². The predicted octanol–water partition coefficient (Wildman–Crippen LogP) is 1.93. The van der Waals surface area contributed by atoms with Crippen LogP contribution < -0.4 is 5.31 Å². The van der Waals surface area contributed by atoms with Crippen LogP contribution in [0.25, 0.3) is 0 Å². The minimum Gasteiger partial charge on any atom is -0.316 e. The van der Waals surface area contributed by atoms with Crippen LogP contribution in [0.5, 0.6) is 0 Å². The van der Waals surface area contributed by atoms with Crippen LogP contribution in [0.2, 0.25) is 1.41 Å². The lowest BCUT2D eigenvalue weighted by Gasteiger charge is -2.32. The molecule has 0 aromatic rings. The van der Waals surface area contributed by atoms with Gasteiger partial charge in [-0.1, -0.05) is 19.3 Å². The Morgan fingerprint density at radius 2 is 1.90 bits per heavy atom. The van der Waals surface area contributed by atoms with Gasteiger partial charge in [0.25, 0.3) is 0 Å². The zero-order valence-electron chi connectivity index (χ0n) is 7.60. The molecule has 0 atom stereocenters. The Balaban J connectivity index is 1.98. The molecule has 0 bridgehead atoms. The van der Waals surface area contributed by atoms with Gasteiger partial charge in [-0.25, -0.2) is 0 Å². The Kier molecular flexibility index (Phi) is 1.42. The van der Waals surface area contributed by atoms with E-state index in [1.165, 1.54) is 38.5 Å². The van der Waals surface area contributed by atoms with Crippen LogP contribution in [0.3, 0.4) is 0 Å². The summed E-state index contributed by atoms with van der Waals surface area (Å²) in [6, 6.07) is 0. The molecule has 2 rings (SSSR count). The molecule has 1 heterocycles. The molecule has 1 aliphatic heterocycles. The summed E-state index contributed by atoms with van der Waals surface area (Å²) in [5.74, 6) is 0. The lowest BCUT2D eigenvalue weighted by molar-refractivity contribution is 0.216. The first-order valence-electron chi connectivity index (χ1n) is 4.99. The summed E-state index contributed by atoms with van der Waals surface area (Å²) in [4.78, 5) is 0. The maximum atomic E-state index is 7.53. The average Bonchev–Trinajstić information content (AvgIpc) is 2.34. The van der Waals surface area contributed by atoms with Gasteiger partial charge in [0.1, 0.15) is 1.41 Å². The van der Waals surface area contributed by atoms with Gasteiger partial charge in [0.05, 0.1) is 0 Å². The van der Waals surface area contributed by atoms with E-state index in [1.54, 1.807) is 5.31 Å². The molecule has 0 radical (unpaired) electrons. The summed E-state index contributed by atoms with van der Waals surface area (Å²) in [5.41, 5.74) is 0.583. The first kappa shape index (κ1) is 5.59. The van der Waals surface area contributed by atoms with Crippen molar-refractivity contribution in [2.24, 2.45) is 5.41 Å². The van der Waals surface area contributed by atoms with Gasteiger partial charge in [-0.3, -0.25) is 0 Å². The van der Waals surface area contributed by atoms with E-state index in [1.807, 2.05) is 0 Å². The van der Waals surface area contributed by atoms with Crippen molar-refractivity contribution in [3.05, 3.63) is 0 Å². The monoisotopic (exact) mass is 140 g/mol. The van der Waals surface area contributed by atoms with Gasteiger partial charge in [0.2, 0.25) is 0 Å². The number of hydrogen-bond donors (Lipinski definition) is 1. The molecule has 2 fully saturated rings. The number of rotatable bonds is 0. The Bertz CT molecular complexity index is 135. The van der Waals surface area contributed by atoms with E-state index in [4.69, 9.17) is 1.41 Å². The van der Waals surface area contributed by atoms with Crippen molar-refractivity contribution in [3.63, 3.8) is 0 Å². The minimum atomic E-state index is 0.583. The molecule has 1 aliphatic carbocycles. The van der Waals surface area contributed by atoms with E-state index in [0.29, 0.717) is 5.41 Å². The van der Waals surface area contributed by atoms with E-state index in [2.05, 4.69) is 0 Å². The SMILES string of the molecule is [2H]N1CCC2(CCCCC2)C1. The van der Waals surface area contributed by atoms with Crippen molar-refractivity contribution in [2.45, 2.75) is 38.5 Å². The van der Waals surface area contributed by atoms with Crippen molar-refractivity contribution in [3.8, 4) is 0 Å². The molecule has 0 amide bonds. The molecular weight excluding hydrogens is 122 g/mol. The minimum absolute atomic E-state index is 0.583. The van der Waals surface area contributed by atoms with Crippen molar-refractivity contribution in [1.82, 2.24) is 5.31 Å². The molecular formula is C9H17N. The number of hydrogen-bond acceptors (Lipinski definition) is 1. The second-order valence-electron chi connectivity index (χ2n) is 3.92. The molecule has 0 aromatic carbocycles. The second kappa shape index (κ2) is 2.54. The van der Waals surface area contributed by atoms with Gasteiger partial charge in [-0.2, -0.15) is 0 Å². The van der Waals surface area contributed by atoms with E-state index < -0.39 is 0 Å². The Morgan fingerprint density at radius 1 is 1.10 bits per heavy atom. The summed E-state index contributed by atoms with van der Waals surface area (Å²) in [6.45, 7) is 2.06. The smallest absolute Gasteiger partial charge is 0.122 e. The molecule has 0 aromatic heterocycles. The Labute approximate surface area is 64.7 Å². The maximum Gasteiger partial charge on any atom is 0.122 e. The van der Waals surface area contributed by atoms with Gasteiger partial charge in [0.15, 0.2) is 0 Å². The fourth-order valence-electron chi connectivity index (χ4n) is 2.42. The highest BCUT2D eigenvalue weighted by Crippen LogP contribution is 2.40. The third-order valence-electron chi connectivity index (χ3n) is 3.16. The zero-order valence-corrected chi connectivity index (χ0v) is 6.60. The maximum absolute atomic E-state index is 7.53. The molecule has 1 saturated carbocycles. The van der Waals surface area contributed by atoms with Crippen LogP contribution in [0, 0.1) is 5.41 Å². The highest BCUT2D eigenvalue weighted by molar-refractivity contribution is 4.89. The molecule has 0 unspecified atom stereocenters. The topological polar surface area (TPSA) is 12.0 Å². The van der Waals surface area contributed by atoms with Crippen LogP contribution in [-0.2, 0) is 0 Å². The van der Waals surface area contributed by atoms with E-state index in [-0.39, 0.29) is 0 Å². The third-order valence-corrected chi connectivity index (χ3v) is 3.16. The normalized spacial score (nSPS) is 34.6. The summed E-state index contributed by atoms with van der Waals surface area (Å²) in [5, 5.41) is 1.76. The predicted molar refractivity (Wildman–Crippen MR) is 43.0 cm³/mol. The van der Waals surface area contributed by atoms with Crippen molar-refractivity contribution in [2.75, 3.05) is 13.1 Å². The molecule has 1 heteroatoms. The molecule has 1 N–H and O–H groups in total. The van der Waals surface area contributed by atoms with E-state index in [0.717, 1.165) is 13.1 Å². The first-order chi connectivity index (χ1) is 5.31. The molecule has 10 heavy (non-hydrogen) atoms. The molecule has 1 spiro atoms. The fraction of sp³-hybridized carbons (Fsp3) is 1.00. The van der Waals surface area contributed by atoms with Gasteiger partial charge < -0.3 is 5.31 Å². The summed E-state index contributed by atoms with van der Waals surface area (Å²) in [6.07, 6.45) is 8.32. The second-order valence-corrected chi connectivity index (χ2v) is 3.92. The highest BCUT2D eigenvalue weighted by Gasteiger charge is 2.34. The van der Waals surface area contributed by atoms with Gasteiger partial charge in [0, 0.05) is 6.54 Å². The highest BCUT2D eigenvalue weighted by atomic mass is 14.9. The zero-order chi connectivity index (χ0) is 7.73. The quantitative estimate of drug-likeness (QED) is 0.542. The summed E-state index contributed by atoms with van der Waals surface area (Å²) < 4.78 is 7.53. The third kappa shape index (κ3) is 1.07. The van der Waals surface area contributed by atoms with Crippen molar-refractivity contribution in [1.29, 1.82) is 0 Å². The summed E-state index contributed by atoms with van der Waals surface area (Å²) >= 11 is 0. The lowest BCUT2D eigenvalue weighted by Crippen LogP contribution is -2.26. The number of nitrogens with one attached hydrogen (secondary N) is 1. The molecule has 1 saturated heterocycles. The van der Waals surface area contributed by atoms with Crippen LogP contribution in [0.4, 0.5) is 0 Å². The standard InChI is InChI=1S/C9H17N/c1-2-4-9(5-3-1)6-7-10-8-9/h10H,1-8H2/i/hD. The fourth-order valence-corrected chi connectivity index (χ4v) is 2.42. The van der Waals surface area contributed by atoms with Gasteiger partial charge in [-0.15, -0.1) is 0 Å². The van der Waals surface area contributed by atoms with Crippen LogP contribution in [-0.4, -0.2) is 13.1 Å². The van der Waals surface area contributed by atoms with E-state index in [9.17, 15) is 0 Å². The molecule has 1 nitrogen and oxygen atoms in total. The Hall–Kier alpha value is -0.0400.